The van der Waals surface area contributed by atoms with E-state index in [4.69, 9.17) is 9.47 Å². The molecule has 9 atom stereocenters. The molecule has 51 heavy (non-hydrogen) atoms. The first kappa shape index (κ1) is 37.7. The minimum Gasteiger partial charge on any atom is -0.493 e. The van der Waals surface area contributed by atoms with E-state index in [1.807, 2.05) is 44.2 Å². The molecule has 7 rings (SSSR count). The number of aromatic amines is 1. The third kappa shape index (κ3) is 6.94. The Morgan fingerprint density at radius 1 is 1.10 bits per heavy atom. The summed E-state index contributed by atoms with van der Waals surface area (Å²) in [5.41, 5.74) is 0.946. The number of ether oxygens (including phenoxy) is 2. The number of nitrogens with zero attached hydrogens (tertiary/aromatic N) is 2. The SMILES string of the molecule is COCCCOc1ccnc(CS(=O)c2nc3ccccc3[nH]2)c1C.C[C@]12CC[C@@H](O)C[C@H]1CC[C@@H]1[C@@H]2C(=O)C[C@@]2(C)[C@H]1CC[C@]2(O)C(=O)CO. The van der Waals surface area contributed by atoms with Crippen molar-refractivity contribution in [1.82, 2.24) is 15.0 Å². The van der Waals surface area contributed by atoms with E-state index in [0.717, 1.165) is 73.0 Å². The normalized spacial score (nSPS) is 33.4. The number of rotatable bonds is 10. The maximum absolute atomic E-state index is 13.4. The maximum atomic E-state index is 13.4. The molecule has 0 saturated heterocycles. The molecule has 11 nitrogen and oxygen atoms in total. The van der Waals surface area contributed by atoms with Crippen LogP contribution in [0.5, 0.6) is 5.75 Å². The fraction of sp³-hybridized carbons (Fsp3) is 0.641. The molecule has 4 N–H and O–H groups in total. The van der Waals surface area contributed by atoms with Crippen LogP contribution in [0.3, 0.4) is 0 Å². The summed E-state index contributed by atoms with van der Waals surface area (Å²) in [5, 5.41) is 31.1. The lowest BCUT2D eigenvalue weighted by atomic mass is 9.44. The van der Waals surface area contributed by atoms with Gasteiger partial charge < -0.3 is 29.8 Å². The summed E-state index contributed by atoms with van der Waals surface area (Å²) in [6.45, 7) is 6.63. The Bertz CT molecular complexity index is 1730. The molecule has 2 aromatic heterocycles. The number of aliphatic hydroxyl groups is 3. The molecule has 0 aliphatic heterocycles. The molecule has 0 radical (unpaired) electrons. The lowest BCUT2D eigenvalue weighted by Gasteiger charge is -2.60. The number of aromatic nitrogens is 3. The second kappa shape index (κ2) is 15.1. The Labute approximate surface area is 302 Å². The fourth-order valence-corrected chi connectivity index (χ4v) is 11.2. The number of carbonyl (C=O) groups excluding carboxylic acids is 2. The lowest BCUT2D eigenvalue weighted by molar-refractivity contribution is -0.180. The van der Waals surface area contributed by atoms with Gasteiger partial charge in [-0.2, -0.15) is 0 Å². The van der Waals surface area contributed by atoms with Crippen LogP contribution in [0.25, 0.3) is 11.0 Å². The molecule has 3 aromatic rings. The minimum absolute atomic E-state index is 0.0154. The van der Waals surface area contributed by atoms with E-state index < -0.39 is 34.2 Å². The van der Waals surface area contributed by atoms with Crippen LogP contribution in [0, 0.1) is 41.4 Å². The standard InChI is InChI=1S/C21H32O5.C18H21N3O3S/c1-19-7-5-13(23)9-12(19)3-4-14-15-6-8-21(26,17(25)11-22)20(15,2)10-16(24)18(14)19;1-13-16(19-9-8-17(13)24-11-5-10-23-2)12-25(22)18-20-14-6-3-4-7-15(14)21-18/h12-15,18,22-23,26H,3-11H2,1-2H3;3-4,6-9H,5,10-12H2,1-2H3,(H,20,21)/t12-,13-,14+,15+,18-,19+,20+,21+;/m1./s1. The molecule has 278 valence electrons. The topological polar surface area (TPSA) is 172 Å². The average Bonchev–Trinajstić information content (AvgIpc) is 3.67. The monoisotopic (exact) mass is 723 g/mol. The third-order valence-electron chi connectivity index (χ3n) is 12.9. The first-order valence-corrected chi connectivity index (χ1v) is 19.6. The number of methoxy groups -OCH3 is 1. The van der Waals surface area contributed by atoms with Gasteiger partial charge in [0, 0.05) is 49.7 Å². The Morgan fingerprint density at radius 3 is 2.63 bits per heavy atom. The van der Waals surface area contributed by atoms with Crippen molar-refractivity contribution in [1.29, 1.82) is 0 Å². The van der Waals surface area contributed by atoms with Crippen LogP contribution >= 0.6 is 0 Å². The number of ketones is 2. The van der Waals surface area contributed by atoms with Crippen LogP contribution in [-0.4, -0.2) is 84.7 Å². The number of hydrogen-bond acceptors (Lipinski definition) is 10. The van der Waals surface area contributed by atoms with E-state index in [1.165, 1.54) is 0 Å². The number of Topliss-reactive ketones (excluding diaryl/α,β-unsaturated/α-hetero) is 2. The zero-order chi connectivity index (χ0) is 36.6. The first-order chi connectivity index (χ1) is 24.4. The molecular weight excluding hydrogens is 671 g/mol. The Kier molecular flexibility index (Phi) is 11.2. The number of benzene rings is 1. The van der Waals surface area contributed by atoms with Crippen molar-refractivity contribution in [3.05, 3.63) is 47.8 Å². The summed E-state index contributed by atoms with van der Waals surface area (Å²) in [5.74, 6) is 1.44. The van der Waals surface area contributed by atoms with Crippen molar-refractivity contribution in [2.24, 2.45) is 34.5 Å². The van der Waals surface area contributed by atoms with Gasteiger partial charge >= 0.3 is 0 Å². The molecule has 0 amide bonds. The van der Waals surface area contributed by atoms with Crippen molar-refractivity contribution in [2.45, 2.75) is 101 Å². The summed E-state index contributed by atoms with van der Waals surface area (Å²) < 4.78 is 23.5. The average molecular weight is 724 g/mol. The highest BCUT2D eigenvalue weighted by Gasteiger charge is 2.68. The van der Waals surface area contributed by atoms with Crippen LogP contribution in [0.2, 0.25) is 0 Å². The molecule has 4 fully saturated rings. The van der Waals surface area contributed by atoms with Gasteiger partial charge in [-0.25, -0.2) is 4.98 Å². The minimum atomic E-state index is -1.58. The number of aliphatic hydroxyl groups excluding tert-OH is 2. The molecular formula is C39H53N3O8S. The van der Waals surface area contributed by atoms with E-state index >= 15 is 0 Å². The number of carbonyl (C=O) groups is 2. The second-order valence-corrected chi connectivity index (χ2v) is 17.0. The van der Waals surface area contributed by atoms with Gasteiger partial charge in [0.1, 0.15) is 23.7 Å². The summed E-state index contributed by atoms with van der Waals surface area (Å²) in [6, 6.07) is 9.47. The van der Waals surface area contributed by atoms with Gasteiger partial charge in [-0.3, -0.25) is 18.8 Å². The quantitative estimate of drug-likeness (QED) is 0.212. The van der Waals surface area contributed by atoms with Gasteiger partial charge in [0.15, 0.2) is 10.9 Å². The van der Waals surface area contributed by atoms with Crippen molar-refractivity contribution in [2.75, 3.05) is 26.9 Å². The number of H-pyrrole nitrogens is 1. The van der Waals surface area contributed by atoms with Gasteiger partial charge in [-0.1, -0.05) is 26.0 Å². The molecule has 0 bridgehead atoms. The summed E-state index contributed by atoms with van der Waals surface area (Å²) in [6.07, 6.45) is 7.98. The molecule has 4 aliphatic carbocycles. The molecule has 2 heterocycles. The van der Waals surface area contributed by atoms with E-state index in [2.05, 4.69) is 21.9 Å². The molecule has 1 aromatic carbocycles. The Morgan fingerprint density at radius 2 is 1.88 bits per heavy atom. The zero-order valence-corrected chi connectivity index (χ0v) is 31.0. The van der Waals surface area contributed by atoms with E-state index in [9.17, 15) is 29.1 Å². The van der Waals surface area contributed by atoms with Gasteiger partial charge in [0.25, 0.3) is 0 Å². The van der Waals surface area contributed by atoms with Gasteiger partial charge in [0.05, 0.1) is 46.0 Å². The van der Waals surface area contributed by atoms with Crippen molar-refractivity contribution < 1.29 is 38.6 Å². The number of fused-ring (bicyclic) bond motifs is 6. The van der Waals surface area contributed by atoms with Crippen LogP contribution in [0.1, 0.15) is 82.9 Å². The van der Waals surface area contributed by atoms with Crippen LogP contribution < -0.4 is 4.74 Å². The van der Waals surface area contributed by atoms with Crippen molar-refractivity contribution >= 4 is 33.4 Å². The fourth-order valence-electron chi connectivity index (χ4n) is 10.1. The number of nitrogens with one attached hydrogen (secondary N) is 1. The highest BCUT2D eigenvalue weighted by molar-refractivity contribution is 7.84. The predicted octanol–water partition coefficient (Wildman–Crippen LogP) is 4.85. The van der Waals surface area contributed by atoms with Crippen molar-refractivity contribution in [3.63, 3.8) is 0 Å². The van der Waals surface area contributed by atoms with E-state index in [-0.39, 0.29) is 41.5 Å². The van der Waals surface area contributed by atoms with E-state index in [0.29, 0.717) is 36.5 Å². The summed E-state index contributed by atoms with van der Waals surface area (Å²) in [4.78, 5) is 37.6. The van der Waals surface area contributed by atoms with Gasteiger partial charge in [-0.15, -0.1) is 0 Å². The molecule has 12 heteroatoms. The maximum Gasteiger partial charge on any atom is 0.197 e. The highest BCUT2D eigenvalue weighted by atomic mass is 32.2. The van der Waals surface area contributed by atoms with Crippen LogP contribution in [0.15, 0.2) is 41.7 Å². The molecule has 1 unspecified atom stereocenters. The van der Waals surface area contributed by atoms with Crippen molar-refractivity contribution in [3.8, 4) is 5.75 Å². The number of imidazole rings is 1. The number of hydrogen-bond donors (Lipinski definition) is 4. The highest BCUT2D eigenvalue weighted by Crippen LogP contribution is 2.67. The van der Waals surface area contributed by atoms with E-state index in [1.54, 1.807) is 13.3 Å². The molecule has 0 spiro atoms. The van der Waals surface area contributed by atoms with Gasteiger partial charge in [-0.05, 0) is 93.2 Å². The smallest absolute Gasteiger partial charge is 0.197 e. The lowest BCUT2D eigenvalue weighted by Crippen LogP contribution is -2.62. The third-order valence-corrected chi connectivity index (χ3v) is 14.1. The largest absolute Gasteiger partial charge is 0.493 e. The van der Waals surface area contributed by atoms with Crippen LogP contribution in [0.4, 0.5) is 0 Å². The number of para-hydroxylation sites is 2. The summed E-state index contributed by atoms with van der Waals surface area (Å²) >= 11 is 0. The molecule has 4 saturated carbocycles. The van der Waals surface area contributed by atoms with Crippen LogP contribution in [-0.2, 0) is 30.9 Å². The molecule has 4 aliphatic rings. The van der Waals surface area contributed by atoms with Gasteiger partial charge in [0.2, 0.25) is 0 Å². The second-order valence-electron chi connectivity index (χ2n) is 15.6. The Balaban J connectivity index is 0.000000176. The first-order valence-electron chi connectivity index (χ1n) is 18.3. The predicted molar refractivity (Wildman–Crippen MR) is 192 cm³/mol. The zero-order valence-electron chi connectivity index (χ0n) is 30.2. The Hall–Kier alpha value is -3.03. The summed E-state index contributed by atoms with van der Waals surface area (Å²) in [7, 11) is 0.371. The number of pyridine rings is 1.